The molecule has 0 radical (unpaired) electrons. The van der Waals surface area contributed by atoms with Crippen molar-refractivity contribution in [2.24, 2.45) is 0 Å². The van der Waals surface area contributed by atoms with Gasteiger partial charge in [-0.25, -0.2) is 13.1 Å². The van der Waals surface area contributed by atoms with Crippen LogP contribution in [0.15, 0.2) is 59.1 Å². The molecular formula is C16H16N4O4S2. The van der Waals surface area contributed by atoms with Crippen molar-refractivity contribution in [2.45, 2.75) is 17.9 Å². The minimum Gasteiger partial charge on any atom is -0.263 e. The van der Waals surface area contributed by atoms with Crippen LogP contribution in [0, 0.1) is 17.0 Å². The number of nitro groups is 1. The Bertz CT molecular complexity index is 965. The molecule has 0 saturated carbocycles. The number of hydrogen-bond donors (Lipinski definition) is 1. The first kappa shape index (κ1) is 18.2. The van der Waals surface area contributed by atoms with Crippen LogP contribution in [-0.4, -0.2) is 29.7 Å². The van der Waals surface area contributed by atoms with Gasteiger partial charge in [0.2, 0.25) is 10.0 Å². The molecule has 0 bridgehead atoms. The predicted molar refractivity (Wildman–Crippen MR) is 97.7 cm³/mol. The second-order valence-electron chi connectivity index (χ2n) is 5.58. The Morgan fingerprint density at radius 1 is 1.35 bits per heavy atom. The molecular weight excluding hydrogens is 376 g/mol. The maximum Gasteiger partial charge on any atom is 0.270 e. The Morgan fingerprint density at radius 3 is 2.77 bits per heavy atom. The third-order valence-corrected chi connectivity index (χ3v) is 6.39. The lowest BCUT2D eigenvalue weighted by Crippen LogP contribution is -2.31. The molecule has 0 amide bonds. The van der Waals surface area contributed by atoms with Crippen molar-refractivity contribution in [3.8, 4) is 0 Å². The molecule has 0 aliphatic heterocycles. The minimum atomic E-state index is -3.92. The van der Waals surface area contributed by atoms with Crippen LogP contribution >= 0.6 is 11.3 Å². The molecule has 0 spiro atoms. The van der Waals surface area contributed by atoms with Crippen LogP contribution in [-0.2, 0) is 10.0 Å². The molecule has 3 aromatic rings. The molecule has 2 aromatic heterocycles. The van der Waals surface area contributed by atoms with Gasteiger partial charge in [-0.05, 0) is 30.0 Å². The zero-order valence-electron chi connectivity index (χ0n) is 13.8. The first-order chi connectivity index (χ1) is 12.4. The lowest BCUT2D eigenvalue weighted by molar-refractivity contribution is -0.385. The molecule has 1 aromatic carbocycles. The van der Waals surface area contributed by atoms with Crippen LogP contribution in [0.1, 0.15) is 16.5 Å². The van der Waals surface area contributed by atoms with Crippen molar-refractivity contribution in [3.63, 3.8) is 0 Å². The smallest absolute Gasteiger partial charge is 0.263 e. The average molecular weight is 392 g/mol. The minimum absolute atomic E-state index is 0.0761. The summed E-state index contributed by atoms with van der Waals surface area (Å²) in [5, 5.41) is 17.1. The number of nitrogens with one attached hydrogen (secondary N) is 1. The number of sulfonamides is 1. The standard InChI is InChI=1S/C16H16N4O4S2/c1-12-5-6-13(20(21)22)10-16(12)26(23,24)18-11-14(15-4-2-9-25-15)19-8-3-7-17-19/h2-10,14,18H,11H2,1H3. The third-order valence-electron chi connectivity index (χ3n) is 3.85. The van der Waals surface area contributed by atoms with Crippen molar-refractivity contribution in [1.82, 2.24) is 14.5 Å². The summed E-state index contributed by atoms with van der Waals surface area (Å²) in [7, 11) is -3.92. The summed E-state index contributed by atoms with van der Waals surface area (Å²) in [4.78, 5) is 11.2. The van der Waals surface area contributed by atoms with Gasteiger partial charge in [0.05, 0.1) is 15.9 Å². The highest BCUT2D eigenvalue weighted by Crippen LogP contribution is 2.24. The highest BCUT2D eigenvalue weighted by atomic mass is 32.2. The molecule has 2 heterocycles. The lowest BCUT2D eigenvalue weighted by Gasteiger charge is -2.17. The predicted octanol–water partition coefficient (Wildman–Crippen LogP) is 2.73. The number of hydrogen-bond acceptors (Lipinski definition) is 6. The number of aromatic nitrogens is 2. The summed E-state index contributed by atoms with van der Waals surface area (Å²) in [5.74, 6) is 0. The zero-order chi connectivity index (χ0) is 18.7. The van der Waals surface area contributed by atoms with E-state index in [9.17, 15) is 18.5 Å². The summed E-state index contributed by atoms with van der Waals surface area (Å²) in [6.45, 7) is 1.68. The molecule has 26 heavy (non-hydrogen) atoms. The molecule has 1 atom stereocenters. The van der Waals surface area contributed by atoms with Crippen LogP contribution < -0.4 is 4.72 Å². The van der Waals surface area contributed by atoms with Crippen LogP contribution in [0.2, 0.25) is 0 Å². The number of nitrogens with zero attached hydrogens (tertiary/aromatic N) is 3. The van der Waals surface area contributed by atoms with E-state index in [-0.39, 0.29) is 23.2 Å². The lowest BCUT2D eigenvalue weighted by atomic mass is 10.2. The highest BCUT2D eigenvalue weighted by molar-refractivity contribution is 7.89. The molecule has 0 aliphatic carbocycles. The normalized spacial score (nSPS) is 12.8. The van der Waals surface area contributed by atoms with Crippen LogP contribution in [0.5, 0.6) is 0 Å². The Labute approximate surface area is 154 Å². The summed E-state index contributed by atoms with van der Waals surface area (Å²) >= 11 is 1.50. The van der Waals surface area contributed by atoms with Gasteiger partial charge in [0, 0.05) is 35.9 Å². The van der Waals surface area contributed by atoms with Gasteiger partial charge in [-0.1, -0.05) is 12.1 Å². The monoisotopic (exact) mass is 392 g/mol. The fraction of sp³-hybridized carbons (Fsp3) is 0.188. The number of nitro benzene ring substituents is 1. The largest absolute Gasteiger partial charge is 0.270 e. The Balaban J connectivity index is 1.87. The van der Waals surface area contributed by atoms with E-state index in [1.54, 1.807) is 30.1 Å². The molecule has 0 fully saturated rings. The van der Waals surface area contributed by atoms with Crippen molar-refractivity contribution in [2.75, 3.05) is 6.54 Å². The summed E-state index contributed by atoms with van der Waals surface area (Å²) < 4.78 is 29.7. The number of non-ortho nitro benzene ring substituents is 1. The fourth-order valence-corrected chi connectivity index (χ4v) is 4.65. The fourth-order valence-electron chi connectivity index (χ4n) is 2.53. The first-order valence-corrected chi connectivity index (χ1v) is 10.0. The SMILES string of the molecule is Cc1ccc([N+](=O)[O-])cc1S(=O)(=O)NCC(c1cccs1)n1cccn1. The molecule has 0 saturated heterocycles. The quantitative estimate of drug-likeness (QED) is 0.491. The van der Waals surface area contributed by atoms with E-state index in [2.05, 4.69) is 9.82 Å². The van der Waals surface area contributed by atoms with Gasteiger partial charge in [-0.3, -0.25) is 14.8 Å². The maximum absolute atomic E-state index is 12.7. The Kier molecular flexibility index (Phi) is 5.16. The second-order valence-corrected chi connectivity index (χ2v) is 8.29. The summed E-state index contributed by atoms with van der Waals surface area (Å²) in [6.07, 6.45) is 3.39. The molecule has 0 aliphatic rings. The number of thiophene rings is 1. The van der Waals surface area contributed by atoms with Crippen molar-refractivity contribution in [3.05, 3.63) is 74.7 Å². The first-order valence-electron chi connectivity index (χ1n) is 7.66. The van der Waals surface area contributed by atoms with Gasteiger partial charge >= 0.3 is 0 Å². The molecule has 1 unspecified atom stereocenters. The van der Waals surface area contributed by atoms with E-state index >= 15 is 0 Å². The van der Waals surface area contributed by atoms with Crippen molar-refractivity contribution < 1.29 is 13.3 Å². The van der Waals surface area contributed by atoms with Gasteiger partial charge in [0.1, 0.15) is 0 Å². The topological polar surface area (TPSA) is 107 Å². The molecule has 8 nitrogen and oxygen atoms in total. The Morgan fingerprint density at radius 2 is 2.15 bits per heavy atom. The van der Waals surface area contributed by atoms with Crippen LogP contribution in [0.3, 0.4) is 0 Å². The highest BCUT2D eigenvalue weighted by Gasteiger charge is 2.23. The van der Waals surface area contributed by atoms with Gasteiger partial charge in [0.15, 0.2) is 0 Å². The summed E-state index contributed by atoms with van der Waals surface area (Å²) in [6, 6.07) is 9.04. The zero-order valence-corrected chi connectivity index (χ0v) is 15.4. The van der Waals surface area contributed by atoms with E-state index in [4.69, 9.17) is 0 Å². The number of aryl methyl sites for hydroxylation is 1. The van der Waals surface area contributed by atoms with Gasteiger partial charge in [-0.2, -0.15) is 5.10 Å². The Hall–Kier alpha value is -2.56. The second kappa shape index (κ2) is 7.36. The van der Waals surface area contributed by atoms with Crippen LogP contribution in [0.25, 0.3) is 0 Å². The van der Waals surface area contributed by atoms with Gasteiger partial charge in [-0.15, -0.1) is 11.3 Å². The molecule has 10 heteroatoms. The van der Waals surface area contributed by atoms with E-state index in [0.29, 0.717) is 5.56 Å². The van der Waals surface area contributed by atoms with Crippen molar-refractivity contribution in [1.29, 1.82) is 0 Å². The van der Waals surface area contributed by atoms with E-state index in [1.165, 1.54) is 23.5 Å². The number of benzene rings is 1. The average Bonchev–Trinajstić information content (AvgIpc) is 3.29. The van der Waals surface area contributed by atoms with E-state index in [0.717, 1.165) is 10.9 Å². The van der Waals surface area contributed by atoms with Gasteiger partial charge in [0.25, 0.3) is 5.69 Å². The van der Waals surface area contributed by atoms with Crippen molar-refractivity contribution >= 4 is 27.0 Å². The van der Waals surface area contributed by atoms with Gasteiger partial charge < -0.3 is 0 Å². The number of rotatable bonds is 7. The van der Waals surface area contributed by atoms with E-state index < -0.39 is 14.9 Å². The molecule has 3 rings (SSSR count). The maximum atomic E-state index is 12.7. The molecule has 1 N–H and O–H groups in total. The molecule has 136 valence electrons. The summed E-state index contributed by atoms with van der Waals surface area (Å²) in [5.41, 5.74) is 0.174. The third kappa shape index (κ3) is 3.82. The van der Waals surface area contributed by atoms with Crippen LogP contribution in [0.4, 0.5) is 5.69 Å². The van der Waals surface area contributed by atoms with E-state index in [1.807, 2.05) is 17.5 Å².